The van der Waals surface area contributed by atoms with Crippen LogP contribution in [-0.2, 0) is 11.3 Å². The number of halogens is 1. The molecule has 1 saturated heterocycles. The molecule has 1 aromatic carbocycles. The van der Waals surface area contributed by atoms with Crippen LogP contribution >= 0.6 is 11.6 Å². The molecule has 0 radical (unpaired) electrons. The van der Waals surface area contributed by atoms with Crippen molar-refractivity contribution in [3.63, 3.8) is 0 Å². The van der Waals surface area contributed by atoms with Crippen LogP contribution in [0.5, 0.6) is 5.88 Å². The lowest BCUT2D eigenvalue weighted by Gasteiger charge is -2.23. The summed E-state index contributed by atoms with van der Waals surface area (Å²) < 4.78 is 11.2. The number of ether oxygens (including phenoxy) is 2. The monoisotopic (exact) mass is 385 g/mol. The van der Waals surface area contributed by atoms with Crippen molar-refractivity contribution < 1.29 is 9.47 Å². The highest BCUT2D eigenvalue weighted by Crippen LogP contribution is 2.20. The topological polar surface area (TPSA) is 82.1 Å². The van der Waals surface area contributed by atoms with Crippen LogP contribution in [0.1, 0.15) is 24.2 Å². The van der Waals surface area contributed by atoms with E-state index >= 15 is 0 Å². The zero-order chi connectivity index (χ0) is 18.6. The van der Waals surface area contributed by atoms with E-state index in [1.807, 2.05) is 37.3 Å². The summed E-state index contributed by atoms with van der Waals surface area (Å²) in [6.07, 6.45) is 1.89. The van der Waals surface area contributed by atoms with E-state index in [0.717, 1.165) is 42.8 Å². The molecule has 0 amide bonds. The average Bonchev–Trinajstić information content (AvgIpc) is 2.67. The summed E-state index contributed by atoms with van der Waals surface area (Å²) in [4.78, 5) is 17.6. The fourth-order valence-corrected chi connectivity index (χ4v) is 3.21. The van der Waals surface area contributed by atoms with Gasteiger partial charge >= 0.3 is 0 Å². The molecule has 140 valence electrons. The van der Waals surface area contributed by atoms with Crippen molar-refractivity contribution in [2.45, 2.75) is 32.4 Å². The molecule has 1 N–H and O–H groups in total. The number of nitrogens with one attached hydrogen (secondary N) is 1. The van der Waals surface area contributed by atoms with Gasteiger partial charge < -0.3 is 14.8 Å². The van der Waals surface area contributed by atoms with Gasteiger partial charge in [0.2, 0.25) is 11.2 Å². The Kier molecular flexibility index (Phi) is 5.31. The first-order valence-corrected chi connectivity index (χ1v) is 9.29. The number of benzene rings is 1. The van der Waals surface area contributed by atoms with Gasteiger partial charge in [0.25, 0.3) is 0 Å². The van der Waals surface area contributed by atoms with Crippen molar-refractivity contribution in [1.29, 1.82) is 0 Å². The first-order chi connectivity index (χ1) is 13.2. The van der Waals surface area contributed by atoms with Gasteiger partial charge in [-0.05, 0) is 43.5 Å². The SMILES string of the molecule is Cc1nc2ccccc2nc1OCc1cc(NC2CCOCC2)nc(Cl)n1. The molecule has 0 aliphatic carbocycles. The maximum atomic E-state index is 6.09. The van der Waals surface area contributed by atoms with Gasteiger partial charge in [0.05, 0.1) is 16.7 Å². The van der Waals surface area contributed by atoms with E-state index in [0.29, 0.717) is 23.4 Å². The zero-order valence-electron chi connectivity index (χ0n) is 15.0. The highest BCUT2D eigenvalue weighted by Gasteiger charge is 2.15. The molecule has 1 aliphatic rings. The highest BCUT2D eigenvalue weighted by molar-refractivity contribution is 6.28. The molecular weight excluding hydrogens is 366 g/mol. The summed E-state index contributed by atoms with van der Waals surface area (Å²) in [6.45, 7) is 3.62. The van der Waals surface area contributed by atoms with Crippen LogP contribution in [0.4, 0.5) is 5.82 Å². The lowest BCUT2D eigenvalue weighted by molar-refractivity contribution is 0.0904. The second-order valence-electron chi connectivity index (χ2n) is 6.44. The van der Waals surface area contributed by atoms with Gasteiger partial charge in [-0.25, -0.2) is 19.9 Å². The number of hydrogen-bond donors (Lipinski definition) is 1. The van der Waals surface area contributed by atoms with Gasteiger partial charge in [-0.15, -0.1) is 0 Å². The molecule has 0 unspecified atom stereocenters. The lowest BCUT2D eigenvalue weighted by atomic mass is 10.1. The summed E-state index contributed by atoms with van der Waals surface area (Å²) in [5.41, 5.74) is 3.05. The summed E-state index contributed by atoms with van der Waals surface area (Å²) >= 11 is 6.09. The number of nitrogens with zero attached hydrogens (tertiary/aromatic N) is 4. The predicted octanol–water partition coefficient (Wildman–Crippen LogP) is 3.55. The average molecular weight is 386 g/mol. The van der Waals surface area contributed by atoms with E-state index in [1.165, 1.54) is 0 Å². The molecule has 1 fully saturated rings. The Balaban J connectivity index is 1.48. The fourth-order valence-electron chi connectivity index (χ4n) is 3.02. The Labute approximate surface area is 162 Å². The van der Waals surface area contributed by atoms with Gasteiger partial charge in [0, 0.05) is 25.3 Å². The van der Waals surface area contributed by atoms with E-state index in [4.69, 9.17) is 21.1 Å². The molecule has 2 aromatic heterocycles. The summed E-state index contributed by atoms with van der Waals surface area (Å²) in [7, 11) is 0. The van der Waals surface area contributed by atoms with E-state index < -0.39 is 0 Å². The number of hydrogen-bond acceptors (Lipinski definition) is 7. The molecule has 7 nitrogen and oxygen atoms in total. The Morgan fingerprint density at radius 2 is 1.85 bits per heavy atom. The zero-order valence-corrected chi connectivity index (χ0v) is 15.7. The van der Waals surface area contributed by atoms with Gasteiger partial charge in [0.1, 0.15) is 18.1 Å². The second-order valence-corrected chi connectivity index (χ2v) is 6.77. The third kappa shape index (κ3) is 4.43. The molecular formula is C19H20ClN5O2. The fraction of sp³-hybridized carbons (Fsp3) is 0.368. The number of aromatic nitrogens is 4. The van der Waals surface area contributed by atoms with Gasteiger partial charge in [-0.1, -0.05) is 12.1 Å². The third-order valence-corrected chi connectivity index (χ3v) is 4.55. The first-order valence-electron chi connectivity index (χ1n) is 8.91. The molecule has 4 rings (SSSR count). The lowest BCUT2D eigenvalue weighted by Crippen LogP contribution is -2.28. The molecule has 0 spiro atoms. The number of anilines is 1. The van der Waals surface area contributed by atoms with Crippen molar-refractivity contribution in [3.05, 3.63) is 47.0 Å². The quantitative estimate of drug-likeness (QED) is 0.672. The van der Waals surface area contributed by atoms with Crippen molar-refractivity contribution in [2.24, 2.45) is 0 Å². The molecule has 27 heavy (non-hydrogen) atoms. The number of para-hydroxylation sites is 2. The van der Waals surface area contributed by atoms with Crippen molar-refractivity contribution in [3.8, 4) is 5.88 Å². The number of aryl methyl sites for hydroxylation is 1. The van der Waals surface area contributed by atoms with E-state index in [-0.39, 0.29) is 11.9 Å². The van der Waals surface area contributed by atoms with Crippen LogP contribution < -0.4 is 10.1 Å². The van der Waals surface area contributed by atoms with Crippen LogP contribution in [-0.4, -0.2) is 39.2 Å². The van der Waals surface area contributed by atoms with E-state index in [1.54, 1.807) is 0 Å². The molecule has 3 heterocycles. The van der Waals surface area contributed by atoms with Crippen LogP contribution in [0, 0.1) is 6.92 Å². The van der Waals surface area contributed by atoms with Gasteiger partial charge in [-0.2, -0.15) is 0 Å². The van der Waals surface area contributed by atoms with Crippen LogP contribution in [0.15, 0.2) is 30.3 Å². The summed E-state index contributed by atoms with van der Waals surface area (Å²) in [6, 6.07) is 9.88. The molecule has 8 heteroatoms. The van der Waals surface area contributed by atoms with E-state index in [9.17, 15) is 0 Å². The van der Waals surface area contributed by atoms with Crippen molar-refractivity contribution in [2.75, 3.05) is 18.5 Å². The molecule has 3 aromatic rings. The maximum Gasteiger partial charge on any atom is 0.236 e. The third-order valence-electron chi connectivity index (χ3n) is 4.38. The minimum atomic E-state index is 0.187. The number of rotatable bonds is 5. The standard InChI is InChI=1S/C19H20ClN5O2/c1-12-18(24-16-5-3-2-4-15(16)21-12)27-11-14-10-17(25-19(20)23-14)22-13-6-8-26-9-7-13/h2-5,10,13H,6-9,11H2,1H3,(H,22,23,25). The molecule has 0 saturated carbocycles. The Morgan fingerprint density at radius 3 is 2.63 bits per heavy atom. The largest absolute Gasteiger partial charge is 0.470 e. The molecule has 0 atom stereocenters. The van der Waals surface area contributed by atoms with Gasteiger partial charge in [-0.3, -0.25) is 0 Å². The van der Waals surface area contributed by atoms with Gasteiger partial charge in [0.15, 0.2) is 0 Å². The smallest absolute Gasteiger partial charge is 0.236 e. The summed E-state index contributed by atoms with van der Waals surface area (Å²) in [5.74, 6) is 1.18. The molecule has 0 bridgehead atoms. The van der Waals surface area contributed by atoms with Crippen molar-refractivity contribution >= 4 is 28.5 Å². The number of fused-ring (bicyclic) bond motifs is 1. The normalized spacial score (nSPS) is 15.0. The van der Waals surface area contributed by atoms with E-state index in [2.05, 4.69) is 25.3 Å². The second kappa shape index (κ2) is 8.02. The minimum Gasteiger partial charge on any atom is -0.470 e. The van der Waals surface area contributed by atoms with Crippen LogP contribution in [0.3, 0.4) is 0 Å². The Morgan fingerprint density at radius 1 is 1.11 bits per heavy atom. The highest BCUT2D eigenvalue weighted by atomic mass is 35.5. The predicted molar refractivity (Wildman–Crippen MR) is 103 cm³/mol. The molecule has 1 aliphatic heterocycles. The van der Waals surface area contributed by atoms with Crippen LogP contribution in [0.2, 0.25) is 5.28 Å². The maximum absolute atomic E-state index is 6.09. The minimum absolute atomic E-state index is 0.187. The Bertz CT molecular complexity index is 947. The van der Waals surface area contributed by atoms with Crippen molar-refractivity contribution in [1.82, 2.24) is 19.9 Å². The van der Waals surface area contributed by atoms with Crippen LogP contribution in [0.25, 0.3) is 11.0 Å². The first kappa shape index (κ1) is 17.9. The Hall–Kier alpha value is -2.51. The summed E-state index contributed by atoms with van der Waals surface area (Å²) in [5, 5.41) is 3.58.